The average molecular weight is 342 g/mol. The number of carbonyl (C=O) groups excluding carboxylic acids is 3. The first-order chi connectivity index (χ1) is 11.5. The predicted octanol–water partition coefficient (Wildman–Crippen LogP) is 1.51. The van der Waals surface area contributed by atoms with Crippen molar-refractivity contribution in [2.24, 2.45) is 0 Å². The molecule has 0 aliphatic carbocycles. The molecule has 0 radical (unpaired) electrons. The fourth-order valence-corrected chi connectivity index (χ4v) is 3.08. The lowest BCUT2D eigenvalue weighted by molar-refractivity contribution is -0.121. The summed E-state index contributed by atoms with van der Waals surface area (Å²) in [6.07, 6.45) is 0. The summed E-state index contributed by atoms with van der Waals surface area (Å²) in [6, 6.07) is 8.29. The number of aryl methyl sites for hydroxylation is 2. The van der Waals surface area contributed by atoms with Gasteiger partial charge in [-0.15, -0.1) is 0 Å². The van der Waals surface area contributed by atoms with E-state index in [0.717, 1.165) is 28.2 Å². The number of carbonyl (C=O) groups is 3. The van der Waals surface area contributed by atoms with Gasteiger partial charge in [0, 0.05) is 11.4 Å². The van der Waals surface area contributed by atoms with Gasteiger partial charge in [-0.1, -0.05) is 23.9 Å². The Bertz CT molecular complexity index is 798. The lowest BCUT2D eigenvalue weighted by atomic mass is 10.1. The molecule has 8 heteroatoms. The van der Waals surface area contributed by atoms with Crippen LogP contribution in [0.5, 0.6) is 0 Å². The molecule has 0 saturated carbocycles. The number of amides is 3. The van der Waals surface area contributed by atoms with Crippen LogP contribution >= 0.6 is 11.8 Å². The topological polar surface area (TPSA) is 92.3 Å². The highest BCUT2D eigenvalue weighted by Gasteiger charge is 2.36. The number of fused-ring (bicyclic) bond motifs is 1. The summed E-state index contributed by atoms with van der Waals surface area (Å²) in [4.78, 5) is 44.8. The number of benzene rings is 1. The van der Waals surface area contributed by atoms with E-state index < -0.39 is 17.7 Å². The molecule has 0 bridgehead atoms. The van der Waals surface area contributed by atoms with E-state index in [1.165, 1.54) is 0 Å². The maximum atomic E-state index is 12.2. The average Bonchev–Trinajstić information content (AvgIpc) is 2.78. The third kappa shape index (κ3) is 3.13. The van der Waals surface area contributed by atoms with Crippen LogP contribution < -0.4 is 5.43 Å². The third-order valence-corrected chi connectivity index (χ3v) is 4.17. The summed E-state index contributed by atoms with van der Waals surface area (Å²) < 4.78 is 0. The van der Waals surface area contributed by atoms with Gasteiger partial charge in [0.1, 0.15) is 0 Å². The Morgan fingerprint density at radius 3 is 2.17 bits per heavy atom. The molecular formula is C16H14N4O3S. The third-order valence-electron chi connectivity index (χ3n) is 3.32. The van der Waals surface area contributed by atoms with Crippen molar-refractivity contribution in [3.05, 3.63) is 52.8 Å². The Labute approximate surface area is 142 Å². The number of hydrogen-bond acceptors (Lipinski definition) is 6. The zero-order chi connectivity index (χ0) is 17.3. The number of hydrogen-bond donors (Lipinski definition) is 1. The second-order valence-corrected chi connectivity index (χ2v) is 6.19. The van der Waals surface area contributed by atoms with Crippen LogP contribution in [0.2, 0.25) is 0 Å². The Kier molecular flexibility index (Phi) is 4.30. The maximum Gasteiger partial charge on any atom is 0.280 e. The molecule has 0 fully saturated rings. The van der Waals surface area contributed by atoms with Crippen molar-refractivity contribution in [2.45, 2.75) is 19.0 Å². The minimum atomic E-state index is -0.531. The standard InChI is InChI=1S/C16H14N4O3S/c1-9-7-10(2)18-16(17-9)24-8-13(21)19-20-14(22)11-5-3-4-6-12(11)15(20)23/h3-7H,8H2,1-2H3,(H,19,21). The van der Waals surface area contributed by atoms with Crippen LogP contribution in [0.4, 0.5) is 0 Å². The van der Waals surface area contributed by atoms with Gasteiger partial charge in [-0.2, -0.15) is 5.01 Å². The van der Waals surface area contributed by atoms with E-state index >= 15 is 0 Å². The number of imide groups is 1. The first-order valence-corrected chi connectivity index (χ1v) is 8.16. The Morgan fingerprint density at radius 2 is 1.62 bits per heavy atom. The molecule has 1 aromatic heterocycles. The SMILES string of the molecule is Cc1cc(C)nc(SCC(=O)NN2C(=O)c3ccccc3C2=O)n1. The van der Waals surface area contributed by atoms with Gasteiger partial charge in [0.15, 0.2) is 5.16 Å². The largest absolute Gasteiger partial charge is 0.280 e. The van der Waals surface area contributed by atoms with E-state index in [2.05, 4.69) is 15.4 Å². The van der Waals surface area contributed by atoms with Crippen molar-refractivity contribution in [3.8, 4) is 0 Å². The lowest BCUT2D eigenvalue weighted by Gasteiger charge is -2.14. The summed E-state index contributed by atoms with van der Waals surface area (Å²) in [5.74, 6) is -1.54. The van der Waals surface area contributed by atoms with Crippen LogP contribution in [-0.2, 0) is 4.79 Å². The molecule has 1 N–H and O–H groups in total. The van der Waals surface area contributed by atoms with Gasteiger partial charge in [-0.05, 0) is 32.0 Å². The first kappa shape index (κ1) is 16.1. The van der Waals surface area contributed by atoms with Crippen molar-refractivity contribution in [1.29, 1.82) is 0 Å². The highest BCUT2D eigenvalue weighted by molar-refractivity contribution is 7.99. The molecule has 122 valence electrons. The van der Waals surface area contributed by atoms with Gasteiger partial charge in [-0.3, -0.25) is 19.8 Å². The van der Waals surface area contributed by atoms with Gasteiger partial charge < -0.3 is 0 Å². The quantitative estimate of drug-likeness (QED) is 0.514. The molecule has 3 rings (SSSR count). The number of thioether (sulfide) groups is 1. The zero-order valence-electron chi connectivity index (χ0n) is 13.1. The molecule has 1 aliphatic heterocycles. The minimum absolute atomic E-state index is 0.00367. The Balaban J connectivity index is 1.64. The van der Waals surface area contributed by atoms with Crippen LogP contribution in [0.15, 0.2) is 35.5 Å². The smallest absolute Gasteiger partial charge is 0.272 e. The van der Waals surface area contributed by atoms with E-state index in [9.17, 15) is 14.4 Å². The fraction of sp³-hybridized carbons (Fsp3) is 0.188. The molecule has 3 amide bonds. The number of hydrazine groups is 1. The maximum absolute atomic E-state index is 12.2. The lowest BCUT2D eigenvalue weighted by Crippen LogP contribution is -2.46. The highest BCUT2D eigenvalue weighted by Crippen LogP contribution is 2.21. The molecule has 24 heavy (non-hydrogen) atoms. The van der Waals surface area contributed by atoms with Crippen molar-refractivity contribution >= 4 is 29.5 Å². The van der Waals surface area contributed by atoms with Crippen molar-refractivity contribution < 1.29 is 14.4 Å². The van der Waals surface area contributed by atoms with Gasteiger partial charge in [-0.25, -0.2) is 9.97 Å². The molecule has 0 spiro atoms. The van der Waals surface area contributed by atoms with Crippen LogP contribution in [0.3, 0.4) is 0 Å². The second kappa shape index (κ2) is 6.40. The molecule has 7 nitrogen and oxygen atoms in total. The van der Waals surface area contributed by atoms with Crippen molar-refractivity contribution in [1.82, 2.24) is 20.4 Å². The van der Waals surface area contributed by atoms with Crippen LogP contribution in [0.1, 0.15) is 32.1 Å². The van der Waals surface area contributed by atoms with E-state index in [1.54, 1.807) is 24.3 Å². The zero-order valence-corrected chi connectivity index (χ0v) is 13.9. The van der Waals surface area contributed by atoms with Gasteiger partial charge >= 0.3 is 0 Å². The second-order valence-electron chi connectivity index (χ2n) is 5.25. The van der Waals surface area contributed by atoms with Gasteiger partial charge in [0.2, 0.25) is 5.91 Å². The summed E-state index contributed by atoms with van der Waals surface area (Å²) >= 11 is 1.14. The first-order valence-electron chi connectivity index (χ1n) is 7.18. The van der Waals surface area contributed by atoms with E-state index in [4.69, 9.17) is 0 Å². The van der Waals surface area contributed by atoms with Crippen molar-refractivity contribution in [3.63, 3.8) is 0 Å². The van der Waals surface area contributed by atoms with E-state index in [-0.39, 0.29) is 16.9 Å². The number of nitrogens with zero attached hydrogens (tertiary/aromatic N) is 3. The number of nitrogens with one attached hydrogen (secondary N) is 1. The van der Waals surface area contributed by atoms with E-state index in [1.807, 2.05) is 19.9 Å². The number of aromatic nitrogens is 2. The van der Waals surface area contributed by atoms with Crippen LogP contribution in [0.25, 0.3) is 0 Å². The summed E-state index contributed by atoms with van der Waals surface area (Å²) in [5.41, 5.74) is 4.54. The monoisotopic (exact) mass is 342 g/mol. The fourth-order valence-electron chi connectivity index (χ4n) is 2.34. The molecular weight excluding hydrogens is 328 g/mol. The van der Waals surface area contributed by atoms with E-state index in [0.29, 0.717) is 5.16 Å². The van der Waals surface area contributed by atoms with Crippen LogP contribution in [-0.4, -0.2) is 38.5 Å². The summed E-state index contributed by atoms with van der Waals surface area (Å²) in [7, 11) is 0. The minimum Gasteiger partial charge on any atom is -0.272 e. The molecule has 1 aromatic carbocycles. The molecule has 2 aromatic rings. The molecule has 0 saturated heterocycles. The highest BCUT2D eigenvalue weighted by atomic mass is 32.2. The molecule has 0 unspecified atom stereocenters. The molecule has 2 heterocycles. The molecule has 1 aliphatic rings. The number of rotatable bonds is 4. The van der Waals surface area contributed by atoms with Crippen molar-refractivity contribution in [2.75, 3.05) is 5.75 Å². The molecule has 0 atom stereocenters. The van der Waals surface area contributed by atoms with Gasteiger partial charge in [0.05, 0.1) is 16.9 Å². The predicted molar refractivity (Wildman–Crippen MR) is 87.3 cm³/mol. The van der Waals surface area contributed by atoms with Gasteiger partial charge in [0.25, 0.3) is 11.8 Å². The normalized spacial score (nSPS) is 13.2. The Morgan fingerprint density at radius 1 is 1.08 bits per heavy atom. The Hall–Kier alpha value is -2.74. The summed E-state index contributed by atoms with van der Waals surface area (Å²) in [5, 5.41) is 1.22. The summed E-state index contributed by atoms with van der Waals surface area (Å²) in [6.45, 7) is 3.69. The van der Waals surface area contributed by atoms with Crippen LogP contribution in [0, 0.1) is 13.8 Å².